The van der Waals surface area contributed by atoms with E-state index in [1.807, 2.05) is 42.5 Å². The van der Waals surface area contributed by atoms with E-state index < -0.39 is 0 Å². The average molecular weight is 289 g/mol. The highest BCUT2D eigenvalue weighted by molar-refractivity contribution is 6.40. The van der Waals surface area contributed by atoms with Crippen molar-refractivity contribution in [1.82, 2.24) is 4.98 Å². The monoisotopic (exact) mass is 289 g/mol. The van der Waals surface area contributed by atoms with Crippen molar-refractivity contribution in [2.24, 2.45) is 0 Å². The van der Waals surface area contributed by atoms with E-state index in [0.29, 0.717) is 11.2 Å². The van der Waals surface area contributed by atoms with E-state index in [1.165, 1.54) is 0 Å². The van der Waals surface area contributed by atoms with Crippen LogP contribution in [0.3, 0.4) is 0 Å². The van der Waals surface area contributed by atoms with Crippen LogP contribution in [0, 0.1) is 6.92 Å². The normalized spacial score (nSPS) is 10.7. The van der Waals surface area contributed by atoms with Crippen molar-refractivity contribution in [2.75, 3.05) is 14.2 Å². The summed E-state index contributed by atoms with van der Waals surface area (Å²) >= 11 is 0. The van der Waals surface area contributed by atoms with Gasteiger partial charge in [-0.3, -0.25) is 0 Å². The van der Waals surface area contributed by atoms with Gasteiger partial charge in [0.15, 0.2) is 0 Å². The molecule has 0 atom stereocenters. The highest BCUT2D eigenvalue weighted by atomic mass is 16.5. The lowest BCUT2D eigenvalue weighted by Crippen LogP contribution is -2.11. The molecule has 4 heteroatoms. The second-order valence-corrected chi connectivity index (χ2v) is 5.10. The minimum Gasteiger partial charge on any atom is -0.497 e. The van der Waals surface area contributed by atoms with Crippen molar-refractivity contribution in [1.29, 1.82) is 0 Å². The highest BCUT2D eigenvalue weighted by Gasteiger charge is 2.12. The van der Waals surface area contributed by atoms with Crippen LogP contribution in [0.2, 0.25) is 0 Å². The number of aromatic nitrogens is 1. The van der Waals surface area contributed by atoms with E-state index in [1.54, 1.807) is 14.2 Å². The number of nitrogens with zero attached hydrogens (tertiary/aromatic N) is 1. The minimum atomic E-state index is 0.555. The molecule has 0 amide bonds. The third-order valence-electron chi connectivity index (χ3n) is 3.79. The van der Waals surface area contributed by atoms with Crippen molar-refractivity contribution in [3.63, 3.8) is 0 Å². The van der Waals surface area contributed by atoms with Gasteiger partial charge in [0.05, 0.1) is 25.4 Å². The van der Waals surface area contributed by atoms with E-state index in [4.69, 9.17) is 22.3 Å². The van der Waals surface area contributed by atoms with E-state index in [-0.39, 0.29) is 0 Å². The lowest BCUT2D eigenvalue weighted by molar-refractivity contribution is 0.416. The molecule has 0 saturated carbocycles. The van der Waals surface area contributed by atoms with Gasteiger partial charge in [0.2, 0.25) is 0 Å². The summed E-state index contributed by atoms with van der Waals surface area (Å²) < 4.78 is 10.7. The number of ether oxygens (including phenoxy) is 2. The van der Waals surface area contributed by atoms with Gasteiger partial charge in [0.1, 0.15) is 19.3 Å². The summed E-state index contributed by atoms with van der Waals surface area (Å²) in [5.41, 5.74) is 4.19. The van der Waals surface area contributed by atoms with Gasteiger partial charge in [-0.2, -0.15) is 0 Å². The van der Waals surface area contributed by atoms with Crippen LogP contribution in [0.4, 0.5) is 0 Å². The molecule has 0 spiro atoms. The number of hydrogen-bond acceptors (Lipinski definition) is 3. The van der Waals surface area contributed by atoms with E-state index in [2.05, 4.69) is 6.92 Å². The third-order valence-corrected chi connectivity index (χ3v) is 3.79. The van der Waals surface area contributed by atoms with Gasteiger partial charge in [0.25, 0.3) is 0 Å². The number of aryl methyl sites for hydroxylation is 1. The van der Waals surface area contributed by atoms with Gasteiger partial charge < -0.3 is 9.47 Å². The maximum absolute atomic E-state index is 6.20. The van der Waals surface area contributed by atoms with Crippen molar-refractivity contribution in [3.05, 3.63) is 48.0 Å². The summed E-state index contributed by atoms with van der Waals surface area (Å²) in [5, 5.41) is 1.02. The van der Waals surface area contributed by atoms with Crippen LogP contribution >= 0.6 is 0 Å². The van der Waals surface area contributed by atoms with Gasteiger partial charge in [-0.15, -0.1) is 0 Å². The summed E-state index contributed by atoms with van der Waals surface area (Å²) in [5.74, 6) is 1.42. The molecule has 0 bridgehead atoms. The molecule has 22 heavy (non-hydrogen) atoms. The molecule has 1 heterocycles. The molecular formula is C18H16BNO2. The Morgan fingerprint density at radius 3 is 2.41 bits per heavy atom. The maximum atomic E-state index is 6.20. The second kappa shape index (κ2) is 5.72. The van der Waals surface area contributed by atoms with Gasteiger partial charge in [0, 0.05) is 10.9 Å². The zero-order valence-corrected chi connectivity index (χ0v) is 12.9. The fourth-order valence-electron chi connectivity index (χ4n) is 2.64. The van der Waals surface area contributed by atoms with Gasteiger partial charge in [-0.1, -0.05) is 12.1 Å². The van der Waals surface area contributed by atoms with Gasteiger partial charge >= 0.3 is 0 Å². The molecule has 0 saturated heterocycles. The van der Waals surface area contributed by atoms with Crippen molar-refractivity contribution < 1.29 is 9.47 Å². The molecule has 0 aliphatic rings. The number of fused-ring (bicyclic) bond motifs is 1. The first kappa shape index (κ1) is 14.5. The highest BCUT2D eigenvalue weighted by Crippen LogP contribution is 2.31. The summed E-state index contributed by atoms with van der Waals surface area (Å²) in [6, 6.07) is 13.7. The number of hydrogen-bond donors (Lipinski definition) is 0. The number of rotatable bonds is 3. The first-order valence-corrected chi connectivity index (χ1v) is 7.03. The molecule has 2 radical (unpaired) electrons. The predicted molar refractivity (Wildman–Crippen MR) is 90.4 cm³/mol. The Labute approximate surface area is 131 Å². The number of para-hydroxylation sites is 1. The van der Waals surface area contributed by atoms with E-state index in [9.17, 15) is 0 Å². The predicted octanol–water partition coefficient (Wildman–Crippen LogP) is 3.02. The van der Waals surface area contributed by atoms with Gasteiger partial charge in [-0.05, 0) is 48.3 Å². The Morgan fingerprint density at radius 2 is 1.68 bits per heavy atom. The Hall–Kier alpha value is -2.49. The lowest BCUT2D eigenvalue weighted by atomic mass is 9.90. The maximum Gasteiger partial charge on any atom is 0.128 e. The largest absolute Gasteiger partial charge is 0.497 e. The molecule has 0 aliphatic carbocycles. The number of methoxy groups -OCH3 is 2. The van der Waals surface area contributed by atoms with Crippen LogP contribution in [-0.2, 0) is 0 Å². The fraction of sp³-hybridized carbons (Fsp3) is 0.167. The zero-order chi connectivity index (χ0) is 15.7. The Morgan fingerprint density at radius 1 is 0.955 bits per heavy atom. The molecule has 3 aromatic rings. The van der Waals surface area contributed by atoms with Crippen LogP contribution < -0.4 is 14.9 Å². The molecule has 1 aromatic heterocycles. The Kier molecular flexibility index (Phi) is 3.76. The third kappa shape index (κ3) is 2.31. The molecule has 3 nitrogen and oxygen atoms in total. The SMILES string of the molecule is [B]c1c(OC)ccc2c(C)cc(-c3ccccc3OC)nc12. The summed E-state index contributed by atoms with van der Waals surface area (Å²) in [6.45, 7) is 2.05. The Balaban J connectivity index is 2.30. The quantitative estimate of drug-likeness (QED) is 0.694. The Bertz CT molecular complexity index is 846. The molecule has 3 rings (SSSR count). The summed E-state index contributed by atoms with van der Waals surface area (Å²) in [4.78, 5) is 4.74. The molecule has 0 unspecified atom stereocenters. The standard InChI is InChI=1S/C18H16BNO2/c1-11-10-14(13-6-4-5-7-15(13)21-2)20-18-12(11)8-9-16(22-3)17(18)19/h4-10H,1-3H3. The smallest absolute Gasteiger partial charge is 0.128 e. The summed E-state index contributed by atoms with van der Waals surface area (Å²) in [7, 11) is 9.46. The van der Waals surface area contributed by atoms with Crippen LogP contribution in [0.15, 0.2) is 42.5 Å². The zero-order valence-electron chi connectivity index (χ0n) is 12.9. The molecule has 108 valence electrons. The molecule has 2 aromatic carbocycles. The first-order valence-electron chi connectivity index (χ1n) is 7.03. The van der Waals surface area contributed by atoms with Crippen LogP contribution in [-0.4, -0.2) is 27.0 Å². The topological polar surface area (TPSA) is 31.4 Å². The van der Waals surface area contributed by atoms with Crippen LogP contribution in [0.1, 0.15) is 5.56 Å². The molecule has 0 N–H and O–H groups in total. The van der Waals surface area contributed by atoms with Crippen LogP contribution in [0.5, 0.6) is 11.5 Å². The van der Waals surface area contributed by atoms with E-state index in [0.717, 1.165) is 33.5 Å². The minimum absolute atomic E-state index is 0.555. The van der Waals surface area contributed by atoms with Crippen molar-refractivity contribution >= 4 is 24.2 Å². The van der Waals surface area contributed by atoms with E-state index >= 15 is 0 Å². The van der Waals surface area contributed by atoms with Crippen LogP contribution in [0.25, 0.3) is 22.2 Å². The lowest BCUT2D eigenvalue weighted by Gasteiger charge is -2.13. The number of benzene rings is 2. The fourth-order valence-corrected chi connectivity index (χ4v) is 2.64. The molecule has 0 fully saturated rings. The molecule has 0 aliphatic heterocycles. The average Bonchev–Trinajstić information content (AvgIpc) is 2.55. The van der Waals surface area contributed by atoms with Gasteiger partial charge in [-0.25, -0.2) is 4.98 Å². The first-order chi connectivity index (χ1) is 10.7. The molecular weight excluding hydrogens is 273 g/mol. The second-order valence-electron chi connectivity index (χ2n) is 5.10. The van der Waals surface area contributed by atoms with Crippen molar-refractivity contribution in [3.8, 4) is 22.8 Å². The summed E-state index contributed by atoms with van der Waals surface area (Å²) in [6.07, 6.45) is 0. The number of pyridine rings is 1. The van der Waals surface area contributed by atoms with Crippen molar-refractivity contribution in [2.45, 2.75) is 6.92 Å².